The van der Waals surface area contributed by atoms with Crippen LogP contribution in [0.2, 0.25) is 0 Å². The van der Waals surface area contributed by atoms with Crippen LogP contribution in [0.15, 0.2) is 0 Å². The summed E-state index contributed by atoms with van der Waals surface area (Å²) in [5, 5.41) is 0. The average molecular weight is 298 g/mol. The Labute approximate surface area is 135 Å². The van der Waals surface area contributed by atoms with Gasteiger partial charge in [-0.15, -0.1) is 0 Å². The van der Waals surface area contributed by atoms with Crippen molar-refractivity contribution in [3.8, 4) is 0 Å². The Bertz CT molecular complexity index is 178. The predicted octanol–water partition coefficient (Wildman–Crippen LogP) is 6.52. The van der Waals surface area contributed by atoms with Crippen molar-refractivity contribution in [2.75, 3.05) is 19.6 Å². The largest absolute Gasteiger partial charge is 0.304 e. The summed E-state index contributed by atoms with van der Waals surface area (Å²) in [6, 6.07) is 0. The van der Waals surface area contributed by atoms with Crippen LogP contribution in [0.1, 0.15) is 98.8 Å². The van der Waals surface area contributed by atoms with Crippen LogP contribution < -0.4 is 0 Å². The standard InChI is InChI=1S/C20H43N/c1-6-21(17-13-9-7-11-15-19(2)3)18-14-10-8-12-16-20(4)5/h19-20H,6-18H2,1-5H3. The molecule has 0 fully saturated rings. The first kappa shape index (κ1) is 21.0. The molecule has 0 spiro atoms. The van der Waals surface area contributed by atoms with Crippen LogP contribution >= 0.6 is 0 Å². The SMILES string of the molecule is CCN(CCCCCCC(C)C)CCCCCCC(C)C. The Morgan fingerprint density at radius 3 is 1.29 bits per heavy atom. The number of unbranched alkanes of at least 4 members (excludes halogenated alkanes) is 6. The molecule has 0 unspecified atom stereocenters. The molecule has 1 nitrogen and oxygen atoms in total. The Morgan fingerprint density at radius 2 is 0.952 bits per heavy atom. The lowest BCUT2D eigenvalue weighted by atomic mass is 10.0. The topological polar surface area (TPSA) is 3.24 Å². The highest BCUT2D eigenvalue weighted by Gasteiger charge is 2.02. The molecule has 0 saturated carbocycles. The minimum absolute atomic E-state index is 0.882. The first-order valence-electron chi connectivity index (χ1n) is 9.78. The van der Waals surface area contributed by atoms with Crippen molar-refractivity contribution < 1.29 is 0 Å². The number of rotatable bonds is 15. The second-order valence-corrected chi connectivity index (χ2v) is 7.63. The quantitative estimate of drug-likeness (QED) is 0.311. The zero-order valence-electron chi connectivity index (χ0n) is 15.8. The average Bonchev–Trinajstić information content (AvgIpc) is 2.43. The van der Waals surface area contributed by atoms with E-state index in [2.05, 4.69) is 39.5 Å². The third-order valence-electron chi connectivity index (χ3n) is 4.46. The molecule has 0 aliphatic carbocycles. The van der Waals surface area contributed by atoms with Gasteiger partial charge in [-0.05, 0) is 44.3 Å². The molecule has 0 aromatic heterocycles. The normalized spacial score (nSPS) is 12.0. The Morgan fingerprint density at radius 1 is 0.571 bits per heavy atom. The van der Waals surface area contributed by atoms with E-state index in [4.69, 9.17) is 0 Å². The third kappa shape index (κ3) is 16.2. The third-order valence-corrected chi connectivity index (χ3v) is 4.46. The highest BCUT2D eigenvalue weighted by molar-refractivity contribution is 4.58. The summed E-state index contributed by atoms with van der Waals surface area (Å²) in [5.74, 6) is 1.76. The summed E-state index contributed by atoms with van der Waals surface area (Å²) < 4.78 is 0. The van der Waals surface area contributed by atoms with E-state index in [1.54, 1.807) is 0 Å². The summed E-state index contributed by atoms with van der Waals surface area (Å²) in [6.45, 7) is 15.5. The van der Waals surface area contributed by atoms with Crippen molar-refractivity contribution in [2.24, 2.45) is 11.8 Å². The van der Waals surface area contributed by atoms with Crippen LogP contribution in [0.4, 0.5) is 0 Å². The van der Waals surface area contributed by atoms with Crippen LogP contribution in [0.5, 0.6) is 0 Å². The maximum absolute atomic E-state index is 2.66. The summed E-state index contributed by atoms with van der Waals surface area (Å²) in [4.78, 5) is 2.66. The van der Waals surface area contributed by atoms with Gasteiger partial charge in [0.1, 0.15) is 0 Å². The molecule has 128 valence electrons. The highest BCUT2D eigenvalue weighted by atomic mass is 15.1. The summed E-state index contributed by atoms with van der Waals surface area (Å²) in [7, 11) is 0. The van der Waals surface area contributed by atoms with Crippen molar-refractivity contribution in [3.63, 3.8) is 0 Å². The van der Waals surface area contributed by atoms with E-state index in [9.17, 15) is 0 Å². The van der Waals surface area contributed by atoms with E-state index in [0.29, 0.717) is 0 Å². The molecule has 1 heteroatoms. The fourth-order valence-electron chi connectivity index (χ4n) is 2.91. The molecule has 0 atom stereocenters. The molecule has 0 aliphatic rings. The van der Waals surface area contributed by atoms with Crippen LogP contribution in [-0.4, -0.2) is 24.5 Å². The fourth-order valence-corrected chi connectivity index (χ4v) is 2.91. The van der Waals surface area contributed by atoms with Crippen molar-refractivity contribution in [1.29, 1.82) is 0 Å². The van der Waals surface area contributed by atoms with Crippen molar-refractivity contribution in [1.82, 2.24) is 4.90 Å². The molecule has 0 saturated heterocycles. The van der Waals surface area contributed by atoms with Crippen LogP contribution in [-0.2, 0) is 0 Å². The number of nitrogens with zero attached hydrogens (tertiary/aromatic N) is 1. The zero-order valence-corrected chi connectivity index (χ0v) is 15.8. The lowest BCUT2D eigenvalue weighted by Gasteiger charge is -2.20. The van der Waals surface area contributed by atoms with E-state index in [1.807, 2.05) is 0 Å². The molecule has 0 aliphatic heterocycles. The zero-order chi connectivity index (χ0) is 15.9. The Balaban J connectivity index is 3.37. The molecular formula is C20H43N. The van der Waals surface area contributed by atoms with Crippen molar-refractivity contribution in [3.05, 3.63) is 0 Å². The molecule has 0 radical (unpaired) electrons. The maximum atomic E-state index is 2.66. The molecule has 0 bridgehead atoms. The van der Waals surface area contributed by atoms with Gasteiger partial charge in [-0.25, -0.2) is 0 Å². The first-order valence-corrected chi connectivity index (χ1v) is 9.78. The summed E-state index contributed by atoms with van der Waals surface area (Å²) in [6.07, 6.45) is 14.2. The second kappa shape index (κ2) is 14.9. The molecule has 0 N–H and O–H groups in total. The van der Waals surface area contributed by atoms with Crippen LogP contribution in [0, 0.1) is 11.8 Å². The van der Waals surface area contributed by atoms with Gasteiger partial charge in [-0.3, -0.25) is 0 Å². The van der Waals surface area contributed by atoms with Gasteiger partial charge in [0, 0.05) is 0 Å². The van der Waals surface area contributed by atoms with Crippen molar-refractivity contribution in [2.45, 2.75) is 98.8 Å². The number of hydrogen-bond donors (Lipinski definition) is 0. The van der Waals surface area contributed by atoms with Gasteiger partial charge in [0.25, 0.3) is 0 Å². The van der Waals surface area contributed by atoms with Gasteiger partial charge in [0.2, 0.25) is 0 Å². The minimum atomic E-state index is 0.882. The van der Waals surface area contributed by atoms with Crippen molar-refractivity contribution >= 4 is 0 Å². The molecule has 0 aromatic carbocycles. The lowest BCUT2D eigenvalue weighted by molar-refractivity contribution is 0.272. The van der Waals surface area contributed by atoms with E-state index >= 15 is 0 Å². The molecule has 0 amide bonds. The van der Waals surface area contributed by atoms with Gasteiger partial charge in [-0.2, -0.15) is 0 Å². The van der Waals surface area contributed by atoms with Gasteiger partial charge in [-0.1, -0.05) is 86.0 Å². The Hall–Kier alpha value is -0.0400. The van der Waals surface area contributed by atoms with Gasteiger partial charge < -0.3 is 4.90 Å². The minimum Gasteiger partial charge on any atom is -0.304 e. The monoisotopic (exact) mass is 297 g/mol. The maximum Gasteiger partial charge on any atom is -0.00189 e. The van der Waals surface area contributed by atoms with E-state index in [1.165, 1.54) is 83.8 Å². The first-order chi connectivity index (χ1) is 10.1. The summed E-state index contributed by atoms with van der Waals surface area (Å²) in [5.41, 5.74) is 0. The lowest BCUT2D eigenvalue weighted by Crippen LogP contribution is -2.25. The molecule has 21 heavy (non-hydrogen) atoms. The van der Waals surface area contributed by atoms with Gasteiger partial charge in [0.15, 0.2) is 0 Å². The van der Waals surface area contributed by atoms with E-state index in [0.717, 1.165) is 11.8 Å². The number of hydrogen-bond acceptors (Lipinski definition) is 1. The second-order valence-electron chi connectivity index (χ2n) is 7.63. The smallest absolute Gasteiger partial charge is 0.00189 e. The molecule has 0 rings (SSSR count). The highest BCUT2D eigenvalue weighted by Crippen LogP contribution is 2.11. The van der Waals surface area contributed by atoms with Crippen LogP contribution in [0.3, 0.4) is 0 Å². The predicted molar refractivity (Wildman–Crippen MR) is 98.0 cm³/mol. The summed E-state index contributed by atoms with van der Waals surface area (Å²) >= 11 is 0. The van der Waals surface area contributed by atoms with E-state index in [-0.39, 0.29) is 0 Å². The van der Waals surface area contributed by atoms with E-state index < -0.39 is 0 Å². The fraction of sp³-hybridized carbons (Fsp3) is 1.00. The van der Waals surface area contributed by atoms with Gasteiger partial charge >= 0.3 is 0 Å². The van der Waals surface area contributed by atoms with Crippen LogP contribution in [0.25, 0.3) is 0 Å². The molecule has 0 heterocycles. The van der Waals surface area contributed by atoms with Gasteiger partial charge in [0.05, 0.1) is 0 Å². The Kier molecular flexibility index (Phi) is 14.9. The molecular weight excluding hydrogens is 254 g/mol. The molecule has 0 aromatic rings.